The first-order valence-corrected chi connectivity index (χ1v) is 17.5. The van der Waals surface area contributed by atoms with Gasteiger partial charge in [0.25, 0.3) is 0 Å². The molecule has 0 amide bonds. The minimum Gasteiger partial charge on any atom is -0.380 e. The predicted molar refractivity (Wildman–Crippen MR) is 193 cm³/mol. The van der Waals surface area contributed by atoms with Crippen LogP contribution in [0.15, 0.2) is 54.6 Å². The van der Waals surface area contributed by atoms with Gasteiger partial charge in [0.15, 0.2) is 11.6 Å². The molecule has 10 heteroatoms. The number of rotatable bonds is 12. The molecule has 3 aromatic rings. The highest BCUT2D eigenvalue weighted by Gasteiger charge is 2.27. The SMILES string of the molecule is CCN(c1nc(F)ccc1NC(C)C)C1CCN(Cc2ccccc2)CC1.CCN(c1nc(F)ccc1NC(C)C)C1CCNCC1. The highest BCUT2D eigenvalue weighted by atomic mass is 19.1. The number of aromatic nitrogens is 2. The first-order chi connectivity index (χ1) is 22.7. The number of hydrogen-bond acceptors (Lipinski definition) is 8. The number of piperidine rings is 2. The number of likely N-dealkylation sites (tertiary alicyclic amines) is 1. The van der Waals surface area contributed by atoms with E-state index in [0.29, 0.717) is 18.1 Å². The third-order valence-corrected chi connectivity index (χ3v) is 8.79. The second-order valence-corrected chi connectivity index (χ2v) is 13.2. The maximum Gasteiger partial charge on any atom is 0.214 e. The van der Waals surface area contributed by atoms with Crippen LogP contribution in [0, 0.1) is 11.9 Å². The largest absolute Gasteiger partial charge is 0.380 e. The lowest BCUT2D eigenvalue weighted by molar-refractivity contribution is 0.201. The Kier molecular flexibility index (Phi) is 14.0. The van der Waals surface area contributed by atoms with Crippen molar-refractivity contribution in [2.75, 3.05) is 59.7 Å². The molecule has 47 heavy (non-hydrogen) atoms. The highest BCUT2D eigenvalue weighted by molar-refractivity contribution is 5.67. The van der Waals surface area contributed by atoms with E-state index in [9.17, 15) is 8.78 Å². The summed E-state index contributed by atoms with van der Waals surface area (Å²) < 4.78 is 27.4. The Bertz CT molecular complexity index is 1340. The molecular formula is C37H56F2N8. The molecule has 3 N–H and O–H groups in total. The maximum atomic E-state index is 13.9. The van der Waals surface area contributed by atoms with E-state index in [1.54, 1.807) is 6.07 Å². The monoisotopic (exact) mass is 650 g/mol. The third kappa shape index (κ3) is 10.8. The van der Waals surface area contributed by atoms with Crippen LogP contribution in [-0.4, -0.2) is 78.3 Å². The summed E-state index contributed by atoms with van der Waals surface area (Å²) in [6, 6.07) is 18.5. The van der Waals surface area contributed by atoms with Crippen molar-refractivity contribution in [2.45, 2.75) is 97.9 Å². The summed E-state index contributed by atoms with van der Waals surface area (Å²) in [6.45, 7) is 19.4. The maximum absolute atomic E-state index is 13.9. The smallest absolute Gasteiger partial charge is 0.214 e. The molecule has 4 heterocycles. The van der Waals surface area contributed by atoms with Gasteiger partial charge in [-0.3, -0.25) is 4.90 Å². The number of nitrogens with zero attached hydrogens (tertiary/aromatic N) is 5. The molecule has 258 valence electrons. The zero-order valence-electron chi connectivity index (χ0n) is 29.3. The van der Waals surface area contributed by atoms with E-state index in [-0.39, 0.29) is 6.04 Å². The van der Waals surface area contributed by atoms with Crippen LogP contribution < -0.4 is 25.8 Å². The van der Waals surface area contributed by atoms with Crippen molar-refractivity contribution in [2.24, 2.45) is 0 Å². The van der Waals surface area contributed by atoms with Crippen molar-refractivity contribution in [3.8, 4) is 0 Å². The average molecular weight is 651 g/mol. The number of nitrogens with one attached hydrogen (secondary N) is 3. The number of hydrogen-bond donors (Lipinski definition) is 3. The fraction of sp³-hybridized carbons (Fsp3) is 0.568. The van der Waals surface area contributed by atoms with E-state index >= 15 is 0 Å². The molecule has 0 aliphatic carbocycles. The molecule has 0 bridgehead atoms. The molecule has 1 aromatic carbocycles. The van der Waals surface area contributed by atoms with E-state index in [2.05, 4.69) is 112 Å². The molecule has 2 aromatic heterocycles. The molecule has 2 aliphatic heterocycles. The Morgan fingerprint density at radius 3 is 1.64 bits per heavy atom. The van der Waals surface area contributed by atoms with Crippen LogP contribution in [0.25, 0.3) is 0 Å². The highest BCUT2D eigenvalue weighted by Crippen LogP contribution is 2.30. The second kappa shape index (κ2) is 18.2. The Hall–Kier alpha value is -3.50. The van der Waals surface area contributed by atoms with Gasteiger partial charge in [-0.2, -0.15) is 8.78 Å². The van der Waals surface area contributed by atoms with Crippen molar-refractivity contribution in [3.05, 3.63) is 72.1 Å². The topological polar surface area (TPSA) is 71.6 Å². The van der Waals surface area contributed by atoms with Gasteiger partial charge in [-0.25, -0.2) is 9.97 Å². The summed E-state index contributed by atoms with van der Waals surface area (Å²) >= 11 is 0. The molecular weight excluding hydrogens is 594 g/mol. The molecule has 2 saturated heterocycles. The lowest BCUT2D eigenvalue weighted by Crippen LogP contribution is -2.45. The van der Waals surface area contributed by atoms with Gasteiger partial charge in [0.05, 0.1) is 11.4 Å². The number of pyridine rings is 2. The fourth-order valence-electron chi connectivity index (χ4n) is 6.65. The molecule has 0 radical (unpaired) electrons. The molecule has 0 spiro atoms. The zero-order chi connectivity index (χ0) is 33.8. The summed E-state index contributed by atoms with van der Waals surface area (Å²) in [7, 11) is 0. The van der Waals surface area contributed by atoms with Crippen molar-refractivity contribution in [1.82, 2.24) is 20.2 Å². The average Bonchev–Trinajstić information content (AvgIpc) is 3.06. The van der Waals surface area contributed by atoms with Crippen molar-refractivity contribution in [3.63, 3.8) is 0 Å². The third-order valence-electron chi connectivity index (χ3n) is 8.79. The Morgan fingerprint density at radius 2 is 1.19 bits per heavy atom. The summed E-state index contributed by atoms with van der Waals surface area (Å²) in [5, 5.41) is 10.1. The van der Waals surface area contributed by atoms with Gasteiger partial charge in [0.2, 0.25) is 11.9 Å². The van der Waals surface area contributed by atoms with Gasteiger partial charge in [0.1, 0.15) is 0 Å². The lowest BCUT2D eigenvalue weighted by atomic mass is 10.0. The van der Waals surface area contributed by atoms with Crippen LogP contribution in [0.5, 0.6) is 0 Å². The Labute approximate surface area is 281 Å². The van der Waals surface area contributed by atoms with E-state index in [4.69, 9.17) is 0 Å². The molecule has 0 atom stereocenters. The van der Waals surface area contributed by atoms with Gasteiger partial charge in [-0.05, 0) is 110 Å². The van der Waals surface area contributed by atoms with E-state index < -0.39 is 11.9 Å². The molecule has 5 rings (SSSR count). The van der Waals surface area contributed by atoms with Crippen LogP contribution in [0.1, 0.15) is 72.8 Å². The van der Waals surface area contributed by atoms with Crippen molar-refractivity contribution < 1.29 is 8.78 Å². The molecule has 2 aliphatic rings. The minimum atomic E-state index is -0.417. The number of benzene rings is 1. The predicted octanol–water partition coefficient (Wildman–Crippen LogP) is 7.15. The van der Waals surface area contributed by atoms with Crippen LogP contribution in [0.4, 0.5) is 31.8 Å². The fourth-order valence-corrected chi connectivity index (χ4v) is 6.65. The standard InChI is InChI=1S/C22H31FN4.C15H25FN4/c1-4-27(22-20(24-17(2)3)10-11-21(23)25-22)19-12-14-26(15-13-19)16-18-8-6-5-7-9-18;1-4-20(12-7-9-17-10-8-12)15-13(18-11(2)3)5-6-14(16)19-15/h5-11,17,19,24H,4,12-16H2,1-3H3;5-6,11-12,17-18H,4,7-10H2,1-3H3. The minimum absolute atomic E-state index is 0.280. The zero-order valence-corrected chi connectivity index (χ0v) is 29.3. The summed E-state index contributed by atoms with van der Waals surface area (Å²) in [5.41, 5.74) is 3.19. The first kappa shape index (κ1) is 36.3. The normalized spacial score (nSPS) is 16.1. The van der Waals surface area contributed by atoms with Crippen LogP contribution in [-0.2, 0) is 6.54 Å². The lowest BCUT2D eigenvalue weighted by Gasteiger charge is -2.39. The van der Waals surface area contributed by atoms with Crippen LogP contribution in [0.2, 0.25) is 0 Å². The Balaban J connectivity index is 0.000000223. The second-order valence-electron chi connectivity index (χ2n) is 13.2. The molecule has 0 unspecified atom stereocenters. The van der Waals surface area contributed by atoms with E-state index in [1.165, 1.54) is 17.7 Å². The van der Waals surface area contributed by atoms with Crippen molar-refractivity contribution in [1.29, 1.82) is 0 Å². The quantitative estimate of drug-likeness (QED) is 0.179. The van der Waals surface area contributed by atoms with E-state index in [1.807, 2.05) is 6.07 Å². The number of halogens is 2. The van der Waals surface area contributed by atoms with Gasteiger partial charge in [0, 0.05) is 56.9 Å². The molecule has 8 nitrogen and oxygen atoms in total. The molecule has 0 saturated carbocycles. The van der Waals surface area contributed by atoms with Crippen LogP contribution in [0.3, 0.4) is 0 Å². The Morgan fingerprint density at radius 1 is 0.723 bits per heavy atom. The summed E-state index contributed by atoms with van der Waals surface area (Å²) in [5.74, 6) is 0.654. The molecule has 2 fully saturated rings. The summed E-state index contributed by atoms with van der Waals surface area (Å²) in [6.07, 6.45) is 4.29. The van der Waals surface area contributed by atoms with Gasteiger partial charge in [-0.15, -0.1) is 0 Å². The van der Waals surface area contributed by atoms with Gasteiger partial charge >= 0.3 is 0 Å². The summed E-state index contributed by atoms with van der Waals surface area (Å²) in [4.78, 5) is 15.4. The van der Waals surface area contributed by atoms with E-state index in [0.717, 1.165) is 94.5 Å². The number of anilines is 4. The van der Waals surface area contributed by atoms with Gasteiger partial charge < -0.3 is 25.8 Å². The van der Waals surface area contributed by atoms with Gasteiger partial charge in [-0.1, -0.05) is 30.3 Å². The first-order valence-electron chi connectivity index (χ1n) is 17.5. The van der Waals surface area contributed by atoms with Crippen LogP contribution >= 0.6 is 0 Å². The van der Waals surface area contributed by atoms with Crippen molar-refractivity contribution >= 4 is 23.0 Å².